The average Bonchev–Trinajstić information content (AvgIpc) is 2.46. The molecule has 2 rings (SSSR count). The normalized spacial score (nSPS) is 18.8. The van der Waals surface area contributed by atoms with Crippen molar-refractivity contribution in [2.45, 2.75) is 25.3 Å². The average molecular weight is 344 g/mol. The molecular weight excluding hydrogens is 329 g/mol. The van der Waals surface area contributed by atoms with Crippen LogP contribution in [0, 0.1) is 5.82 Å². The van der Waals surface area contributed by atoms with E-state index < -0.39 is 23.7 Å². The Morgan fingerprint density at radius 3 is 2.80 bits per heavy atom. The van der Waals surface area contributed by atoms with E-state index in [0.29, 0.717) is 17.4 Å². The molecule has 0 aliphatic carbocycles. The van der Waals surface area contributed by atoms with E-state index in [0.717, 1.165) is 12.8 Å². The fourth-order valence-electron chi connectivity index (χ4n) is 2.37. The molecule has 1 aromatic rings. The van der Waals surface area contributed by atoms with Crippen molar-refractivity contribution in [1.29, 1.82) is 0 Å². The lowest BCUT2D eigenvalue weighted by molar-refractivity contribution is -0.147. The molecule has 1 aromatic carbocycles. The molecule has 108 valence electrons. The number of nitrogens with zero attached hydrogens (tertiary/aromatic N) is 1. The molecule has 0 N–H and O–H groups in total. The summed E-state index contributed by atoms with van der Waals surface area (Å²) in [6.45, 7) is 0.439. The zero-order valence-corrected chi connectivity index (χ0v) is 12.7. The van der Waals surface area contributed by atoms with Gasteiger partial charge in [0.15, 0.2) is 0 Å². The van der Waals surface area contributed by atoms with Crippen molar-refractivity contribution in [2.75, 3.05) is 13.7 Å². The third kappa shape index (κ3) is 3.00. The minimum absolute atomic E-state index is 0.0241. The topological polar surface area (TPSA) is 46.6 Å². The molecule has 0 bridgehead atoms. The molecule has 0 saturated carbocycles. The zero-order chi connectivity index (χ0) is 14.7. The second kappa shape index (κ2) is 6.35. The van der Waals surface area contributed by atoms with Crippen LogP contribution in [0.15, 0.2) is 22.7 Å². The number of benzene rings is 1. The largest absolute Gasteiger partial charge is 0.467 e. The Morgan fingerprint density at radius 2 is 2.15 bits per heavy atom. The Kier molecular flexibility index (Phi) is 4.75. The van der Waals surface area contributed by atoms with E-state index in [4.69, 9.17) is 4.74 Å². The van der Waals surface area contributed by atoms with Gasteiger partial charge in [-0.2, -0.15) is 0 Å². The van der Waals surface area contributed by atoms with Crippen LogP contribution in [-0.4, -0.2) is 36.5 Å². The maximum Gasteiger partial charge on any atom is 0.328 e. The predicted octanol–water partition coefficient (Wildman–Crippen LogP) is 2.76. The Bertz CT molecular complexity index is 535. The molecule has 1 atom stereocenters. The van der Waals surface area contributed by atoms with Crippen molar-refractivity contribution in [2.24, 2.45) is 0 Å². The summed E-state index contributed by atoms with van der Waals surface area (Å²) in [6, 6.07) is 3.65. The Balaban J connectivity index is 2.27. The van der Waals surface area contributed by atoms with E-state index in [9.17, 15) is 14.0 Å². The highest BCUT2D eigenvalue weighted by Gasteiger charge is 2.34. The summed E-state index contributed by atoms with van der Waals surface area (Å²) in [6.07, 6.45) is 2.21. The fraction of sp³-hybridized carbons (Fsp3) is 0.429. The first-order valence-electron chi connectivity index (χ1n) is 6.38. The zero-order valence-electron chi connectivity index (χ0n) is 11.1. The van der Waals surface area contributed by atoms with E-state index in [1.165, 1.54) is 24.1 Å². The molecule has 0 unspecified atom stereocenters. The summed E-state index contributed by atoms with van der Waals surface area (Å²) in [5.41, 5.74) is -0.0241. The van der Waals surface area contributed by atoms with Crippen LogP contribution in [-0.2, 0) is 9.53 Å². The van der Waals surface area contributed by atoms with Crippen LogP contribution in [0.3, 0.4) is 0 Å². The first-order valence-corrected chi connectivity index (χ1v) is 7.17. The minimum Gasteiger partial charge on any atom is -0.467 e. The van der Waals surface area contributed by atoms with Gasteiger partial charge in [0, 0.05) is 11.0 Å². The van der Waals surface area contributed by atoms with Gasteiger partial charge in [-0.15, -0.1) is 0 Å². The molecule has 1 saturated heterocycles. The molecule has 6 heteroatoms. The van der Waals surface area contributed by atoms with Crippen molar-refractivity contribution in [1.82, 2.24) is 4.90 Å². The number of methoxy groups -OCH3 is 1. The second-order valence-corrected chi connectivity index (χ2v) is 5.57. The standard InChI is InChI=1S/C14H15BrFNO3/c1-20-14(19)12-4-2-3-7-17(12)13(18)10-6-5-9(15)8-11(10)16/h5-6,8,12H,2-4,7H2,1H3/t12-/m1/s1. The number of hydrogen-bond donors (Lipinski definition) is 0. The number of rotatable bonds is 2. The highest BCUT2D eigenvalue weighted by Crippen LogP contribution is 2.23. The van der Waals surface area contributed by atoms with E-state index in [1.54, 1.807) is 6.07 Å². The number of hydrogen-bond acceptors (Lipinski definition) is 3. The third-order valence-electron chi connectivity index (χ3n) is 3.40. The number of ether oxygens (including phenoxy) is 1. The Morgan fingerprint density at radius 1 is 1.40 bits per heavy atom. The number of amides is 1. The molecule has 1 aliphatic heterocycles. The summed E-state index contributed by atoms with van der Waals surface area (Å²) >= 11 is 3.15. The SMILES string of the molecule is COC(=O)[C@H]1CCCCN1C(=O)c1ccc(Br)cc1F. The van der Waals surface area contributed by atoms with E-state index >= 15 is 0 Å². The molecule has 1 amide bonds. The van der Waals surface area contributed by atoms with Crippen LogP contribution in [0.4, 0.5) is 4.39 Å². The predicted molar refractivity (Wildman–Crippen MR) is 74.8 cm³/mol. The summed E-state index contributed by atoms with van der Waals surface area (Å²) in [5, 5.41) is 0. The van der Waals surface area contributed by atoms with Gasteiger partial charge in [0.2, 0.25) is 0 Å². The maximum absolute atomic E-state index is 13.9. The van der Waals surface area contributed by atoms with Gasteiger partial charge in [-0.3, -0.25) is 4.79 Å². The summed E-state index contributed by atoms with van der Waals surface area (Å²) in [4.78, 5) is 25.6. The van der Waals surface area contributed by atoms with Crippen LogP contribution in [0.25, 0.3) is 0 Å². The summed E-state index contributed by atoms with van der Waals surface area (Å²) in [7, 11) is 1.29. The quantitative estimate of drug-likeness (QED) is 0.775. The monoisotopic (exact) mass is 343 g/mol. The van der Waals surface area contributed by atoms with Gasteiger partial charge in [-0.05, 0) is 37.5 Å². The number of halogens is 2. The van der Waals surface area contributed by atoms with Gasteiger partial charge < -0.3 is 9.64 Å². The van der Waals surface area contributed by atoms with Gasteiger partial charge in [-0.25, -0.2) is 9.18 Å². The van der Waals surface area contributed by atoms with Crippen LogP contribution >= 0.6 is 15.9 Å². The number of piperidine rings is 1. The molecule has 1 aliphatic rings. The Hall–Kier alpha value is -1.43. The number of likely N-dealkylation sites (tertiary alicyclic amines) is 1. The molecule has 1 heterocycles. The van der Waals surface area contributed by atoms with Crippen molar-refractivity contribution >= 4 is 27.8 Å². The van der Waals surface area contributed by atoms with Gasteiger partial charge in [0.25, 0.3) is 5.91 Å². The van der Waals surface area contributed by atoms with Gasteiger partial charge >= 0.3 is 5.97 Å². The molecule has 1 fully saturated rings. The molecule has 0 radical (unpaired) electrons. The van der Waals surface area contributed by atoms with Crippen LogP contribution in [0.1, 0.15) is 29.6 Å². The number of carbonyl (C=O) groups is 2. The third-order valence-corrected chi connectivity index (χ3v) is 3.89. The van der Waals surface area contributed by atoms with Gasteiger partial charge in [-0.1, -0.05) is 15.9 Å². The molecule has 20 heavy (non-hydrogen) atoms. The molecular formula is C14H15BrFNO3. The lowest BCUT2D eigenvalue weighted by atomic mass is 10.0. The van der Waals surface area contributed by atoms with Crippen molar-refractivity contribution < 1.29 is 18.7 Å². The van der Waals surface area contributed by atoms with Gasteiger partial charge in [0.1, 0.15) is 11.9 Å². The molecule has 0 aromatic heterocycles. The lowest BCUT2D eigenvalue weighted by Crippen LogP contribution is -2.48. The van der Waals surface area contributed by atoms with Crippen LogP contribution < -0.4 is 0 Å². The van der Waals surface area contributed by atoms with Crippen LogP contribution in [0.5, 0.6) is 0 Å². The first-order chi connectivity index (χ1) is 9.54. The highest BCUT2D eigenvalue weighted by molar-refractivity contribution is 9.10. The number of esters is 1. The minimum atomic E-state index is -0.621. The second-order valence-electron chi connectivity index (χ2n) is 4.66. The number of carbonyl (C=O) groups excluding carboxylic acids is 2. The van der Waals surface area contributed by atoms with Gasteiger partial charge in [0.05, 0.1) is 12.7 Å². The smallest absolute Gasteiger partial charge is 0.328 e. The van der Waals surface area contributed by atoms with Crippen molar-refractivity contribution in [3.05, 3.63) is 34.1 Å². The van der Waals surface area contributed by atoms with E-state index in [-0.39, 0.29) is 5.56 Å². The maximum atomic E-state index is 13.9. The molecule has 4 nitrogen and oxygen atoms in total. The highest BCUT2D eigenvalue weighted by atomic mass is 79.9. The van der Waals surface area contributed by atoms with Crippen LogP contribution in [0.2, 0.25) is 0 Å². The van der Waals surface area contributed by atoms with Crippen molar-refractivity contribution in [3.8, 4) is 0 Å². The Labute approximate surface area is 125 Å². The first kappa shape index (κ1) is 15.0. The van der Waals surface area contributed by atoms with E-state index in [2.05, 4.69) is 15.9 Å². The molecule has 0 spiro atoms. The summed E-state index contributed by atoms with van der Waals surface area (Å²) < 4.78 is 19.2. The van der Waals surface area contributed by atoms with Crippen molar-refractivity contribution in [3.63, 3.8) is 0 Å². The fourth-order valence-corrected chi connectivity index (χ4v) is 2.71. The summed E-state index contributed by atoms with van der Waals surface area (Å²) in [5.74, 6) is -1.51. The lowest BCUT2D eigenvalue weighted by Gasteiger charge is -2.33. The van der Waals surface area contributed by atoms with E-state index in [1.807, 2.05) is 0 Å².